The van der Waals surface area contributed by atoms with Crippen LogP contribution in [-0.4, -0.2) is 39.8 Å². The number of halogens is 2. The quantitative estimate of drug-likeness (QED) is 0.672. The summed E-state index contributed by atoms with van der Waals surface area (Å²) in [5.74, 6) is -0.0463. The van der Waals surface area contributed by atoms with E-state index in [1.54, 1.807) is 16.0 Å². The number of pyridine rings is 1. The molecule has 1 atom stereocenters. The van der Waals surface area contributed by atoms with Gasteiger partial charge in [0.25, 0.3) is 5.91 Å². The Hall–Kier alpha value is -1.67. The lowest BCUT2D eigenvalue weighted by molar-refractivity contribution is 0.0932. The van der Waals surface area contributed by atoms with Gasteiger partial charge in [0.2, 0.25) is 0 Å². The van der Waals surface area contributed by atoms with Crippen LogP contribution in [0.25, 0.3) is 21.6 Å². The van der Waals surface area contributed by atoms with E-state index < -0.39 is 0 Å². The molecule has 27 heavy (non-hydrogen) atoms. The van der Waals surface area contributed by atoms with Crippen molar-refractivity contribution >= 4 is 53.1 Å². The van der Waals surface area contributed by atoms with Crippen LogP contribution in [0.15, 0.2) is 23.6 Å². The molecule has 146 valence electrons. The second-order valence-electron chi connectivity index (χ2n) is 6.46. The Kier molecular flexibility index (Phi) is 7.22. The number of fused-ring (bicyclic) bond motifs is 1. The lowest BCUT2D eigenvalue weighted by Gasteiger charge is -2.24. The molecule has 3 aromatic rings. The highest BCUT2D eigenvalue weighted by molar-refractivity contribution is 7.13. The van der Waals surface area contributed by atoms with E-state index in [0.717, 1.165) is 53.2 Å². The number of aromatic nitrogens is 3. The van der Waals surface area contributed by atoms with Gasteiger partial charge in [0, 0.05) is 19.6 Å². The monoisotopic (exact) mass is 427 g/mol. The SMILES string of the molecule is Cc1nn(C)c2nc(-c3cccs3)cc(C(=O)NC3CCCNC3)c12.Cl.Cl. The van der Waals surface area contributed by atoms with Crippen LogP contribution in [0.5, 0.6) is 0 Å². The summed E-state index contributed by atoms with van der Waals surface area (Å²) in [5, 5.41) is 13.8. The van der Waals surface area contributed by atoms with Crippen molar-refractivity contribution in [1.82, 2.24) is 25.4 Å². The molecule has 4 rings (SSSR count). The van der Waals surface area contributed by atoms with Crippen molar-refractivity contribution in [2.24, 2.45) is 7.05 Å². The molecule has 9 heteroatoms. The number of carbonyl (C=O) groups excluding carboxylic acids is 1. The summed E-state index contributed by atoms with van der Waals surface area (Å²) in [6.45, 7) is 3.77. The Bertz CT molecular complexity index is 920. The Morgan fingerprint density at radius 2 is 2.22 bits per heavy atom. The van der Waals surface area contributed by atoms with E-state index in [1.807, 2.05) is 37.6 Å². The molecule has 0 spiro atoms. The van der Waals surface area contributed by atoms with Gasteiger partial charge < -0.3 is 10.6 Å². The van der Waals surface area contributed by atoms with E-state index in [4.69, 9.17) is 4.98 Å². The highest BCUT2D eigenvalue weighted by Gasteiger charge is 2.22. The Balaban J connectivity index is 0.00000131. The third-order valence-corrected chi connectivity index (χ3v) is 5.51. The van der Waals surface area contributed by atoms with Gasteiger partial charge >= 0.3 is 0 Å². The van der Waals surface area contributed by atoms with Crippen LogP contribution in [0.3, 0.4) is 0 Å². The van der Waals surface area contributed by atoms with Gasteiger partial charge in [-0.25, -0.2) is 4.98 Å². The lowest BCUT2D eigenvalue weighted by Crippen LogP contribution is -2.45. The fourth-order valence-corrected chi connectivity index (χ4v) is 4.10. The number of thiophene rings is 1. The zero-order valence-corrected chi connectivity index (χ0v) is 17.6. The molecule has 1 aliphatic rings. The van der Waals surface area contributed by atoms with Crippen molar-refractivity contribution in [1.29, 1.82) is 0 Å². The minimum Gasteiger partial charge on any atom is -0.348 e. The molecule has 1 aliphatic heterocycles. The Morgan fingerprint density at radius 3 is 2.89 bits per heavy atom. The Labute approximate surface area is 174 Å². The maximum absolute atomic E-state index is 13.0. The van der Waals surface area contributed by atoms with Gasteiger partial charge in [0.15, 0.2) is 5.65 Å². The predicted molar refractivity (Wildman–Crippen MR) is 114 cm³/mol. The van der Waals surface area contributed by atoms with Crippen molar-refractivity contribution in [3.63, 3.8) is 0 Å². The third kappa shape index (κ3) is 4.27. The van der Waals surface area contributed by atoms with Gasteiger partial charge in [-0.3, -0.25) is 9.48 Å². The minimum atomic E-state index is -0.0463. The van der Waals surface area contributed by atoms with E-state index in [0.29, 0.717) is 5.56 Å². The van der Waals surface area contributed by atoms with Crippen LogP contribution in [0, 0.1) is 6.92 Å². The summed E-state index contributed by atoms with van der Waals surface area (Å²) in [6.07, 6.45) is 2.10. The number of amides is 1. The fraction of sp³-hybridized carbons (Fsp3) is 0.389. The number of nitrogens with zero attached hydrogens (tertiary/aromatic N) is 3. The molecule has 1 fully saturated rings. The number of carbonyl (C=O) groups is 1. The van der Waals surface area contributed by atoms with Gasteiger partial charge in [-0.15, -0.1) is 36.2 Å². The average Bonchev–Trinajstić information content (AvgIpc) is 3.24. The van der Waals surface area contributed by atoms with Crippen molar-refractivity contribution in [3.8, 4) is 10.6 Å². The molecule has 1 unspecified atom stereocenters. The summed E-state index contributed by atoms with van der Waals surface area (Å²) >= 11 is 1.62. The lowest BCUT2D eigenvalue weighted by atomic mass is 10.0. The normalized spacial score (nSPS) is 16.4. The molecule has 0 radical (unpaired) electrons. The maximum Gasteiger partial charge on any atom is 0.252 e. The molecular formula is C18H23Cl2N5OS. The molecule has 0 aromatic carbocycles. The smallest absolute Gasteiger partial charge is 0.252 e. The van der Waals surface area contributed by atoms with Crippen molar-refractivity contribution in [2.45, 2.75) is 25.8 Å². The summed E-state index contributed by atoms with van der Waals surface area (Å²) < 4.78 is 1.75. The van der Waals surface area contributed by atoms with Crippen LogP contribution >= 0.6 is 36.2 Å². The number of piperidine rings is 1. The van der Waals surface area contributed by atoms with E-state index in [9.17, 15) is 4.79 Å². The molecule has 2 N–H and O–H groups in total. The zero-order chi connectivity index (χ0) is 17.4. The number of nitrogens with one attached hydrogen (secondary N) is 2. The topological polar surface area (TPSA) is 71.8 Å². The number of aryl methyl sites for hydroxylation is 2. The second-order valence-corrected chi connectivity index (χ2v) is 7.40. The van der Waals surface area contributed by atoms with Gasteiger partial charge in [-0.1, -0.05) is 6.07 Å². The van der Waals surface area contributed by atoms with Crippen molar-refractivity contribution in [2.75, 3.05) is 13.1 Å². The second kappa shape index (κ2) is 9.01. The molecule has 0 saturated carbocycles. The van der Waals surface area contributed by atoms with Crippen LogP contribution in [0.2, 0.25) is 0 Å². The van der Waals surface area contributed by atoms with E-state index in [-0.39, 0.29) is 36.8 Å². The van der Waals surface area contributed by atoms with Gasteiger partial charge in [-0.2, -0.15) is 5.10 Å². The number of hydrogen-bond donors (Lipinski definition) is 2. The highest BCUT2D eigenvalue weighted by atomic mass is 35.5. The first-order chi connectivity index (χ1) is 12.1. The van der Waals surface area contributed by atoms with Crippen molar-refractivity contribution < 1.29 is 4.79 Å². The first kappa shape index (κ1) is 21.6. The van der Waals surface area contributed by atoms with Crippen LogP contribution in [0.1, 0.15) is 28.9 Å². The van der Waals surface area contributed by atoms with E-state index >= 15 is 0 Å². The molecular weight excluding hydrogens is 405 g/mol. The first-order valence-electron chi connectivity index (χ1n) is 8.53. The molecule has 4 heterocycles. The summed E-state index contributed by atoms with van der Waals surface area (Å²) in [7, 11) is 1.87. The van der Waals surface area contributed by atoms with E-state index in [1.165, 1.54) is 0 Å². The van der Waals surface area contributed by atoms with Crippen molar-refractivity contribution in [3.05, 3.63) is 34.8 Å². The Morgan fingerprint density at radius 1 is 1.41 bits per heavy atom. The van der Waals surface area contributed by atoms with Gasteiger partial charge in [0.1, 0.15) is 0 Å². The molecule has 1 amide bonds. The minimum absolute atomic E-state index is 0. The van der Waals surface area contributed by atoms with Crippen LogP contribution < -0.4 is 10.6 Å². The third-order valence-electron chi connectivity index (χ3n) is 4.62. The molecule has 0 bridgehead atoms. The molecule has 1 saturated heterocycles. The molecule has 0 aliphatic carbocycles. The first-order valence-corrected chi connectivity index (χ1v) is 9.41. The number of rotatable bonds is 3. The highest BCUT2D eigenvalue weighted by Crippen LogP contribution is 2.29. The summed E-state index contributed by atoms with van der Waals surface area (Å²) in [5.41, 5.74) is 3.05. The maximum atomic E-state index is 13.0. The fourth-order valence-electron chi connectivity index (χ4n) is 3.41. The van der Waals surface area contributed by atoms with Gasteiger partial charge in [-0.05, 0) is 43.8 Å². The zero-order valence-electron chi connectivity index (χ0n) is 15.2. The summed E-state index contributed by atoms with van der Waals surface area (Å²) in [4.78, 5) is 18.8. The molecule has 6 nitrogen and oxygen atoms in total. The van der Waals surface area contributed by atoms with Crippen LogP contribution in [0.4, 0.5) is 0 Å². The largest absolute Gasteiger partial charge is 0.348 e. The van der Waals surface area contributed by atoms with Gasteiger partial charge in [0.05, 0.1) is 27.2 Å². The number of hydrogen-bond acceptors (Lipinski definition) is 5. The standard InChI is InChI=1S/C18H21N5OS.2ClH/c1-11-16-13(18(24)20-12-5-3-7-19-10-12)9-14(15-6-4-8-25-15)21-17(16)23(2)22-11;;/h4,6,8-9,12,19H,3,5,7,10H2,1-2H3,(H,20,24);2*1H. The summed E-state index contributed by atoms with van der Waals surface area (Å²) in [6, 6.07) is 6.09. The van der Waals surface area contributed by atoms with E-state index in [2.05, 4.69) is 15.7 Å². The molecule has 3 aromatic heterocycles. The van der Waals surface area contributed by atoms with Crippen LogP contribution in [-0.2, 0) is 7.05 Å². The average molecular weight is 428 g/mol. The predicted octanol–water partition coefficient (Wildman–Crippen LogP) is 3.33.